The van der Waals surface area contributed by atoms with Crippen LogP contribution in [0.4, 0.5) is 5.69 Å². The van der Waals surface area contributed by atoms with E-state index < -0.39 is 0 Å². The third-order valence-electron chi connectivity index (χ3n) is 4.77. The second-order valence-corrected chi connectivity index (χ2v) is 6.65. The molecule has 30 heavy (non-hydrogen) atoms. The van der Waals surface area contributed by atoms with E-state index in [9.17, 15) is 4.79 Å². The van der Waals surface area contributed by atoms with Crippen LogP contribution in [0.2, 0.25) is 0 Å². The number of carbonyl (C=O) groups excluding carboxylic acids is 1. The highest BCUT2D eigenvalue weighted by Crippen LogP contribution is 2.30. The van der Waals surface area contributed by atoms with Gasteiger partial charge in [0, 0.05) is 29.1 Å². The molecule has 1 amide bonds. The van der Waals surface area contributed by atoms with Crippen molar-refractivity contribution in [2.24, 2.45) is 0 Å². The van der Waals surface area contributed by atoms with Crippen LogP contribution in [0.1, 0.15) is 12.8 Å². The monoisotopic (exact) mass is 406 g/mol. The van der Waals surface area contributed by atoms with Crippen molar-refractivity contribution >= 4 is 22.5 Å². The van der Waals surface area contributed by atoms with Gasteiger partial charge in [-0.1, -0.05) is 25.1 Å². The van der Waals surface area contributed by atoms with Gasteiger partial charge in [-0.05, 0) is 24.3 Å². The number of nitrogens with zero attached hydrogens (tertiary/aromatic N) is 3. The minimum atomic E-state index is -0.194. The summed E-state index contributed by atoms with van der Waals surface area (Å²) in [5.41, 5.74) is 2.22. The smallest absolute Gasteiger partial charge is 0.264 e. The van der Waals surface area contributed by atoms with Crippen molar-refractivity contribution in [3.63, 3.8) is 0 Å². The van der Waals surface area contributed by atoms with Crippen LogP contribution in [-0.2, 0) is 17.8 Å². The summed E-state index contributed by atoms with van der Waals surface area (Å²) in [6.45, 7) is 2.03. The van der Waals surface area contributed by atoms with E-state index in [1.54, 1.807) is 32.4 Å². The van der Waals surface area contributed by atoms with Crippen LogP contribution in [0.3, 0.4) is 0 Å². The van der Waals surface area contributed by atoms with Crippen LogP contribution >= 0.6 is 0 Å². The van der Waals surface area contributed by atoms with Gasteiger partial charge in [0.2, 0.25) is 11.8 Å². The number of methoxy groups -OCH3 is 2. The molecule has 0 atom stereocenters. The van der Waals surface area contributed by atoms with Crippen molar-refractivity contribution in [3.05, 3.63) is 54.4 Å². The van der Waals surface area contributed by atoms with Crippen molar-refractivity contribution < 1.29 is 18.7 Å². The Balaban J connectivity index is 1.64. The molecule has 0 radical (unpaired) electrons. The van der Waals surface area contributed by atoms with Gasteiger partial charge < -0.3 is 23.8 Å². The number of benzene rings is 2. The molecule has 1 N–H and O–H groups in total. The number of nitrogens with one attached hydrogen (secondary N) is 1. The first-order chi connectivity index (χ1) is 14.6. The fourth-order valence-electron chi connectivity index (χ4n) is 3.32. The summed E-state index contributed by atoms with van der Waals surface area (Å²) >= 11 is 0. The number of para-hydroxylation sites is 1. The van der Waals surface area contributed by atoms with Crippen LogP contribution in [0.5, 0.6) is 11.5 Å². The maximum absolute atomic E-state index is 12.9. The summed E-state index contributed by atoms with van der Waals surface area (Å²) in [7, 11) is 3.12. The molecule has 0 saturated heterocycles. The van der Waals surface area contributed by atoms with E-state index in [-0.39, 0.29) is 12.5 Å². The van der Waals surface area contributed by atoms with Gasteiger partial charge in [0.15, 0.2) is 11.5 Å². The van der Waals surface area contributed by atoms with E-state index >= 15 is 0 Å². The lowest BCUT2D eigenvalue weighted by atomic mass is 10.2. The Labute approximate surface area is 173 Å². The lowest BCUT2D eigenvalue weighted by Gasteiger charge is -2.12. The first-order valence-corrected chi connectivity index (χ1v) is 9.55. The predicted molar refractivity (Wildman–Crippen MR) is 113 cm³/mol. The molecule has 0 unspecified atom stereocenters. The fourth-order valence-corrected chi connectivity index (χ4v) is 3.32. The quantitative estimate of drug-likeness (QED) is 0.500. The SMILES string of the molecule is CCc1nnc(-c2cc3ccccc3n2CC(=O)Nc2ccc(OC)c(OC)c2)o1. The average Bonchev–Trinajstić information content (AvgIpc) is 3.38. The highest BCUT2D eigenvalue weighted by atomic mass is 16.5. The van der Waals surface area contributed by atoms with Crippen molar-refractivity contribution in [2.75, 3.05) is 19.5 Å². The van der Waals surface area contributed by atoms with E-state index in [1.165, 1.54) is 0 Å². The zero-order valence-electron chi connectivity index (χ0n) is 17.0. The van der Waals surface area contributed by atoms with Crippen LogP contribution in [-0.4, -0.2) is 34.9 Å². The van der Waals surface area contributed by atoms with Crippen LogP contribution in [0, 0.1) is 0 Å². The number of carbonyl (C=O) groups is 1. The molecule has 0 aliphatic carbocycles. The molecule has 0 bridgehead atoms. The van der Waals surface area contributed by atoms with Gasteiger partial charge in [0.1, 0.15) is 12.2 Å². The summed E-state index contributed by atoms with van der Waals surface area (Å²) in [6.07, 6.45) is 0.646. The largest absolute Gasteiger partial charge is 0.493 e. The number of fused-ring (bicyclic) bond motifs is 1. The third kappa shape index (κ3) is 3.71. The Kier molecular flexibility index (Phi) is 5.38. The standard InChI is InChI=1S/C22H22N4O4/c1-4-21-24-25-22(30-21)17-11-14-7-5-6-8-16(14)26(17)13-20(27)23-15-9-10-18(28-2)19(12-15)29-3/h5-12H,4,13H2,1-3H3,(H,23,27). The van der Waals surface area contributed by atoms with Gasteiger partial charge in [0.25, 0.3) is 5.89 Å². The zero-order valence-corrected chi connectivity index (χ0v) is 17.0. The van der Waals surface area contributed by atoms with Crippen LogP contribution in [0.15, 0.2) is 52.9 Å². The van der Waals surface area contributed by atoms with Crippen molar-refractivity contribution in [2.45, 2.75) is 19.9 Å². The Morgan fingerprint density at radius 1 is 1.07 bits per heavy atom. The lowest BCUT2D eigenvalue weighted by Crippen LogP contribution is -2.19. The summed E-state index contributed by atoms with van der Waals surface area (Å²) in [5.74, 6) is 1.89. The normalized spacial score (nSPS) is 10.9. The van der Waals surface area contributed by atoms with Gasteiger partial charge in [-0.2, -0.15) is 0 Å². The molecule has 0 fully saturated rings. The first-order valence-electron chi connectivity index (χ1n) is 9.55. The minimum Gasteiger partial charge on any atom is -0.493 e. The first kappa shape index (κ1) is 19.5. The molecule has 4 aromatic rings. The Morgan fingerprint density at radius 2 is 1.87 bits per heavy atom. The number of rotatable bonds is 7. The average molecular weight is 406 g/mol. The van der Waals surface area contributed by atoms with Crippen molar-refractivity contribution in [1.82, 2.24) is 14.8 Å². The number of ether oxygens (including phenoxy) is 2. The van der Waals surface area contributed by atoms with Crippen molar-refractivity contribution in [1.29, 1.82) is 0 Å². The third-order valence-corrected chi connectivity index (χ3v) is 4.77. The van der Waals surface area contributed by atoms with Gasteiger partial charge in [-0.25, -0.2) is 0 Å². The van der Waals surface area contributed by atoms with E-state index in [4.69, 9.17) is 13.9 Å². The number of hydrogen-bond donors (Lipinski definition) is 1. The predicted octanol–water partition coefficient (Wildman–Crippen LogP) is 3.91. The number of amides is 1. The maximum Gasteiger partial charge on any atom is 0.264 e. The number of anilines is 1. The molecule has 0 aliphatic rings. The molecule has 0 spiro atoms. The molecule has 4 rings (SSSR count). The molecule has 0 saturated carbocycles. The topological polar surface area (TPSA) is 91.4 Å². The molecule has 0 aliphatic heterocycles. The Hall–Kier alpha value is -3.81. The molecule has 2 aromatic heterocycles. The molecule has 154 valence electrons. The highest BCUT2D eigenvalue weighted by Gasteiger charge is 2.18. The van der Waals surface area contributed by atoms with Gasteiger partial charge in [0.05, 0.1) is 14.2 Å². The van der Waals surface area contributed by atoms with E-state index in [1.807, 2.05) is 41.8 Å². The van der Waals surface area contributed by atoms with E-state index in [2.05, 4.69) is 15.5 Å². The molecule has 8 nitrogen and oxygen atoms in total. The molecule has 2 heterocycles. The van der Waals surface area contributed by atoms with E-state index in [0.717, 1.165) is 10.9 Å². The molecule has 2 aromatic carbocycles. The second kappa shape index (κ2) is 8.28. The summed E-state index contributed by atoms with van der Waals surface area (Å²) < 4.78 is 18.2. The van der Waals surface area contributed by atoms with Gasteiger partial charge >= 0.3 is 0 Å². The maximum atomic E-state index is 12.9. The number of aryl methyl sites for hydroxylation is 1. The number of hydrogen-bond acceptors (Lipinski definition) is 6. The fraction of sp³-hybridized carbons (Fsp3) is 0.227. The summed E-state index contributed by atoms with van der Waals surface area (Å²) in [5, 5.41) is 12.1. The molecular weight excluding hydrogens is 384 g/mol. The molecule has 8 heteroatoms. The zero-order chi connectivity index (χ0) is 21.1. The van der Waals surface area contributed by atoms with Crippen LogP contribution < -0.4 is 14.8 Å². The van der Waals surface area contributed by atoms with Crippen molar-refractivity contribution in [3.8, 4) is 23.1 Å². The Morgan fingerprint density at radius 3 is 2.60 bits per heavy atom. The second-order valence-electron chi connectivity index (χ2n) is 6.65. The Bertz CT molecular complexity index is 1200. The summed E-state index contributed by atoms with van der Waals surface area (Å²) in [4.78, 5) is 12.9. The summed E-state index contributed by atoms with van der Waals surface area (Å²) in [6, 6.07) is 15.0. The van der Waals surface area contributed by atoms with Crippen LogP contribution in [0.25, 0.3) is 22.5 Å². The highest BCUT2D eigenvalue weighted by molar-refractivity contribution is 5.94. The lowest BCUT2D eigenvalue weighted by molar-refractivity contribution is -0.116. The molecular formula is C22H22N4O4. The van der Waals surface area contributed by atoms with E-state index in [0.29, 0.717) is 41.1 Å². The number of aromatic nitrogens is 3. The minimum absolute atomic E-state index is 0.0844. The van der Waals surface area contributed by atoms with Gasteiger partial charge in [-0.15, -0.1) is 10.2 Å². The van der Waals surface area contributed by atoms with Gasteiger partial charge in [-0.3, -0.25) is 4.79 Å².